The van der Waals surface area contributed by atoms with Crippen molar-refractivity contribution in [2.75, 3.05) is 0 Å². The van der Waals surface area contributed by atoms with Gasteiger partial charge in [-0.15, -0.1) is 0 Å². The average Bonchev–Trinajstić information content (AvgIpc) is 1.89. The first-order chi connectivity index (χ1) is 4.75. The van der Waals surface area contributed by atoms with E-state index >= 15 is 0 Å². The second kappa shape index (κ2) is 3.05. The molecule has 0 heteroatoms. The lowest BCUT2D eigenvalue weighted by molar-refractivity contribution is 0.601. The summed E-state index contributed by atoms with van der Waals surface area (Å²) in [5, 5.41) is 0. The Hall–Kier alpha value is -0.520. The van der Waals surface area contributed by atoms with Gasteiger partial charge in [-0.1, -0.05) is 31.6 Å². The summed E-state index contributed by atoms with van der Waals surface area (Å²) in [5.41, 5.74) is 3.15. The van der Waals surface area contributed by atoms with E-state index in [2.05, 4.69) is 32.9 Å². The van der Waals surface area contributed by atoms with Crippen molar-refractivity contribution in [2.45, 2.75) is 33.6 Å². The number of allylic oxidation sites excluding steroid dienone is 4. The maximum Gasteiger partial charge on any atom is -0.0154 e. The molecule has 1 unspecified atom stereocenters. The Labute approximate surface area is 63.6 Å². The number of hydrogen-bond donors (Lipinski definition) is 0. The maximum atomic E-state index is 2.29. The van der Waals surface area contributed by atoms with Crippen LogP contribution in [0.1, 0.15) is 33.6 Å². The molecule has 0 fully saturated rings. The third-order valence-corrected chi connectivity index (χ3v) is 2.17. The highest BCUT2D eigenvalue weighted by Gasteiger charge is 2.18. The van der Waals surface area contributed by atoms with Crippen LogP contribution in [-0.4, -0.2) is 0 Å². The molecule has 1 aliphatic rings. The molecule has 0 amide bonds. The summed E-state index contributed by atoms with van der Waals surface area (Å²) in [4.78, 5) is 0. The zero-order valence-corrected chi connectivity index (χ0v) is 7.15. The molecule has 0 bridgehead atoms. The van der Waals surface area contributed by atoms with Gasteiger partial charge in [-0.25, -0.2) is 0 Å². The summed E-state index contributed by atoms with van der Waals surface area (Å²) in [6, 6.07) is 0. The highest BCUT2D eigenvalue weighted by atomic mass is 14.2. The van der Waals surface area contributed by atoms with E-state index < -0.39 is 0 Å². The second-order valence-corrected chi connectivity index (χ2v) is 3.15. The van der Waals surface area contributed by atoms with Gasteiger partial charge in [-0.05, 0) is 31.3 Å². The van der Waals surface area contributed by atoms with Crippen LogP contribution in [0.25, 0.3) is 0 Å². The molecule has 0 aromatic rings. The van der Waals surface area contributed by atoms with Crippen LogP contribution in [0.5, 0.6) is 0 Å². The minimum Gasteiger partial charge on any atom is -0.0845 e. The van der Waals surface area contributed by atoms with Crippen LogP contribution in [0.15, 0.2) is 23.3 Å². The van der Waals surface area contributed by atoms with Crippen molar-refractivity contribution in [2.24, 2.45) is 5.92 Å². The molecule has 0 aromatic carbocycles. The highest BCUT2D eigenvalue weighted by Crippen LogP contribution is 2.34. The van der Waals surface area contributed by atoms with Crippen LogP contribution in [0.2, 0.25) is 0 Å². The highest BCUT2D eigenvalue weighted by molar-refractivity contribution is 5.35. The molecule has 1 rings (SSSR count). The van der Waals surface area contributed by atoms with Crippen LogP contribution in [0, 0.1) is 5.92 Å². The first kappa shape index (κ1) is 7.59. The summed E-state index contributed by atoms with van der Waals surface area (Å²) >= 11 is 0. The van der Waals surface area contributed by atoms with E-state index in [4.69, 9.17) is 0 Å². The predicted molar refractivity (Wildman–Crippen MR) is 45.9 cm³/mol. The van der Waals surface area contributed by atoms with Crippen LogP contribution in [-0.2, 0) is 0 Å². The van der Waals surface area contributed by atoms with Crippen molar-refractivity contribution in [1.29, 1.82) is 0 Å². The Kier molecular flexibility index (Phi) is 2.31. The van der Waals surface area contributed by atoms with Gasteiger partial charge >= 0.3 is 0 Å². The molecule has 0 N–H and O–H groups in total. The summed E-state index contributed by atoms with van der Waals surface area (Å²) in [6.07, 6.45) is 6.99. The molecule has 0 saturated carbocycles. The molecule has 0 spiro atoms. The van der Waals surface area contributed by atoms with Crippen molar-refractivity contribution < 1.29 is 0 Å². The standard InChI is InChI=1S/C10H16/c1-4-5-6-10-8(2)7-9(10)3/h5-6,8H,4,7H2,1-3H3. The molecule has 10 heavy (non-hydrogen) atoms. The summed E-state index contributed by atoms with van der Waals surface area (Å²) in [5.74, 6) is 0.822. The van der Waals surface area contributed by atoms with Crippen LogP contribution in [0.3, 0.4) is 0 Å². The lowest BCUT2D eigenvalue weighted by Gasteiger charge is -2.26. The van der Waals surface area contributed by atoms with E-state index in [1.807, 2.05) is 0 Å². The molecule has 0 heterocycles. The minimum atomic E-state index is 0.822. The van der Waals surface area contributed by atoms with Crippen LogP contribution >= 0.6 is 0 Å². The first-order valence-electron chi connectivity index (χ1n) is 4.12. The van der Waals surface area contributed by atoms with Gasteiger partial charge in [0.15, 0.2) is 0 Å². The summed E-state index contributed by atoms with van der Waals surface area (Å²) in [7, 11) is 0. The van der Waals surface area contributed by atoms with Gasteiger partial charge < -0.3 is 0 Å². The van der Waals surface area contributed by atoms with E-state index in [0.29, 0.717) is 0 Å². The predicted octanol–water partition coefficient (Wildman–Crippen LogP) is 3.31. The van der Waals surface area contributed by atoms with Gasteiger partial charge in [0, 0.05) is 0 Å². The Bertz CT molecular complexity index is 172. The Balaban J connectivity index is 2.56. The smallest absolute Gasteiger partial charge is 0.0154 e. The lowest BCUT2D eigenvalue weighted by atomic mass is 9.79. The first-order valence-corrected chi connectivity index (χ1v) is 4.12. The van der Waals surface area contributed by atoms with Crippen molar-refractivity contribution in [3.05, 3.63) is 23.3 Å². The van der Waals surface area contributed by atoms with Gasteiger partial charge in [0.1, 0.15) is 0 Å². The Morgan fingerprint density at radius 1 is 1.60 bits per heavy atom. The van der Waals surface area contributed by atoms with E-state index in [0.717, 1.165) is 12.3 Å². The van der Waals surface area contributed by atoms with Crippen molar-refractivity contribution >= 4 is 0 Å². The van der Waals surface area contributed by atoms with Gasteiger partial charge in [-0.3, -0.25) is 0 Å². The van der Waals surface area contributed by atoms with Crippen molar-refractivity contribution in [3.8, 4) is 0 Å². The monoisotopic (exact) mass is 136 g/mol. The molecule has 0 saturated heterocycles. The average molecular weight is 136 g/mol. The molecular formula is C10H16. The SMILES string of the molecule is CCC=CC1=C(C)CC1C. The van der Waals surface area contributed by atoms with E-state index in [1.54, 1.807) is 11.1 Å². The van der Waals surface area contributed by atoms with Crippen LogP contribution in [0.4, 0.5) is 0 Å². The summed E-state index contributed by atoms with van der Waals surface area (Å²) < 4.78 is 0. The van der Waals surface area contributed by atoms with Crippen molar-refractivity contribution in [3.63, 3.8) is 0 Å². The summed E-state index contributed by atoms with van der Waals surface area (Å²) in [6.45, 7) is 6.70. The lowest BCUT2D eigenvalue weighted by Crippen LogP contribution is -2.11. The molecule has 0 nitrogen and oxygen atoms in total. The zero-order valence-electron chi connectivity index (χ0n) is 7.15. The Morgan fingerprint density at radius 2 is 2.30 bits per heavy atom. The maximum absolute atomic E-state index is 2.29. The molecule has 0 aromatic heterocycles. The fourth-order valence-electron chi connectivity index (χ4n) is 1.53. The zero-order chi connectivity index (χ0) is 7.56. The van der Waals surface area contributed by atoms with Gasteiger partial charge in [-0.2, -0.15) is 0 Å². The fourth-order valence-corrected chi connectivity index (χ4v) is 1.53. The van der Waals surface area contributed by atoms with Crippen molar-refractivity contribution in [1.82, 2.24) is 0 Å². The van der Waals surface area contributed by atoms with Crippen LogP contribution < -0.4 is 0 Å². The van der Waals surface area contributed by atoms with E-state index in [1.165, 1.54) is 6.42 Å². The Morgan fingerprint density at radius 3 is 2.70 bits per heavy atom. The molecule has 1 atom stereocenters. The third-order valence-electron chi connectivity index (χ3n) is 2.17. The largest absolute Gasteiger partial charge is 0.0845 e. The molecular weight excluding hydrogens is 120 g/mol. The molecule has 1 aliphatic carbocycles. The topological polar surface area (TPSA) is 0 Å². The fraction of sp³-hybridized carbons (Fsp3) is 0.600. The molecule has 0 radical (unpaired) electrons. The van der Waals surface area contributed by atoms with E-state index in [-0.39, 0.29) is 0 Å². The second-order valence-electron chi connectivity index (χ2n) is 3.15. The quantitative estimate of drug-likeness (QED) is 0.546. The minimum absolute atomic E-state index is 0.822. The normalized spacial score (nSPS) is 25.7. The number of rotatable bonds is 2. The van der Waals surface area contributed by atoms with Gasteiger partial charge in [0.2, 0.25) is 0 Å². The molecule has 56 valence electrons. The molecule has 0 aliphatic heterocycles. The van der Waals surface area contributed by atoms with Gasteiger partial charge in [0.25, 0.3) is 0 Å². The van der Waals surface area contributed by atoms with Gasteiger partial charge in [0.05, 0.1) is 0 Å². The van der Waals surface area contributed by atoms with E-state index in [9.17, 15) is 0 Å². The third kappa shape index (κ3) is 1.31. The number of hydrogen-bond acceptors (Lipinski definition) is 0.